The third-order valence-corrected chi connectivity index (χ3v) is 4.60. The number of aliphatic carboxylic acids is 1. The van der Waals surface area contributed by atoms with Gasteiger partial charge in [-0.3, -0.25) is 19.4 Å². The molecule has 1 atom stereocenters. The van der Waals surface area contributed by atoms with Crippen LogP contribution in [-0.2, 0) is 9.59 Å². The van der Waals surface area contributed by atoms with Gasteiger partial charge in [-0.25, -0.2) is 0 Å². The molecule has 2 fully saturated rings. The maximum atomic E-state index is 12.5. The molecule has 0 aromatic rings. The largest absolute Gasteiger partial charge is 0.480 e. The van der Waals surface area contributed by atoms with Crippen molar-refractivity contribution in [1.82, 2.24) is 14.7 Å². The highest BCUT2D eigenvalue weighted by atomic mass is 16.4. The van der Waals surface area contributed by atoms with Crippen LogP contribution in [0.15, 0.2) is 0 Å². The first-order chi connectivity index (χ1) is 10.1. The SMILES string of the molecule is CCC1CCCCN1C(=O)CN1CCN(CC(=O)O)CC1. The van der Waals surface area contributed by atoms with E-state index < -0.39 is 5.97 Å². The van der Waals surface area contributed by atoms with Gasteiger partial charge in [0, 0.05) is 38.8 Å². The molecule has 0 bridgehead atoms. The Hall–Kier alpha value is -1.14. The van der Waals surface area contributed by atoms with Crippen LogP contribution in [0.2, 0.25) is 0 Å². The Morgan fingerprint density at radius 3 is 2.19 bits per heavy atom. The molecule has 0 spiro atoms. The van der Waals surface area contributed by atoms with Crippen molar-refractivity contribution in [3.05, 3.63) is 0 Å². The predicted octanol–water partition coefficient (Wildman–Crippen LogP) is 0.480. The van der Waals surface area contributed by atoms with Crippen molar-refractivity contribution in [3.63, 3.8) is 0 Å². The molecule has 1 N–H and O–H groups in total. The highest BCUT2D eigenvalue weighted by molar-refractivity contribution is 5.78. The lowest BCUT2D eigenvalue weighted by molar-refractivity contribution is -0.140. The van der Waals surface area contributed by atoms with E-state index in [-0.39, 0.29) is 12.5 Å². The van der Waals surface area contributed by atoms with Crippen LogP contribution in [0.1, 0.15) is 32.6 Å². The minimum absolute atomic E-state index is 0.103. The van der Waals surface area contributed by atoms with E-state index in [9.17, 15) is 9.59 Å². The summed E-state index contributed by atoms with van der Waals surface area (Å²) < 4.78 is 0. The van der Waals surface area contributed by atoms with Crippen molar-refractivity contribution in [2.75, 3.05) is 45.8 Å². The summed E-state index contributed by atoms with van der Waals surface area (Å²) in [6.45, 7) is 6.67. The lowest BCUT2D eigenvalue weighted by atomic mass is 10.00. The van der Waals surface area contributed by atoms with E-state index in [0.717, 1.165) is 52.0 Å². The molecular formula is C15H27N3O3. The number of likely N-dealkylation sites (tertiary alicyclic amines) is 1. The second kappa shape index (κ2) is 7.75. The zero-order valence-electron chi connectivity index (χ0n) is 13.0. The van der Waals surface area contributed by atoms with E-state index in [1.807, 2.05) is 4.90 Å². The molecule has 2 aliphatic rings. The number of carbonyl (C=O) groups is 2. The number of piperazine rings is 1. The molecule has 120 valence electrons. The van der Waals surface area contributed by atoms with Gasteiger partial charge in [-0.1, -0.05) is 6.92 Å². The predicted molar refractivity (Wildman–Crippen MR) is 80.2 cm³/mol. The topological polar surface area (TPSA) is 64.1 Å². The van der Waals surface area contributed by atoms with Crippen LogP contribution in [0, 0.1) is 0 Å². The number of rotatable bonds is 5. The first-order valence-electron chi connectivity index (χ1n) is 8.06. The average Bonchev–Trinajstić information content (AvgIpc) is 2.48. The van der Waals surface area contributed by atoms with E-state index in [1.54, 1.807) is 0 Å². The Morgan fingerprint density at radius 2 is 1.62 bits per heavy atom. The van der Waals surface area contributed by atoms with Crippen molar-refractivity contribution < 1.29 is 14.7 Å². The molecule has 6 nitrogen and oxygen atoms in total. The molecule has 2 rings (SSSR count). The molecule has 2 aliphatic heterocycles. The van der Waals surface area contributed by atoms with Crippen molar-refractivity contribution in [2.24, 2.45) is 0 Å². The van der Waals surface area contributed by atoms with Crippen LogP contribution in [0.5, 0.6) is 0 Å². The maximum absolute atomic E-state index is 12.5. The average molecular weight is 297 g/mol. The highest BCUT2D eigenvalue weighted by Gasteiger charge is 2.27. The number of hydrogen-bond donors (Lipinski definition) is 1. The molecule has 6 heteroatoms. The Labute approximate surface area is 126 Å². The summed E-state index contributed by atoms with van der Waals surface area (Å²) in [5.41, 5.74) is 0. The van der Waals surface area contributed by atoms with E-state index >= 15 is 0 Å². The van der Waals surface area contributed by atoms with E-state index in [1.165, 1.54) is 6.42 Å². The van der Waals surface area contributed by atoms with E-state index in [0.29, 0.717) is 12.6 Å². The van der Waals surface area contributed by atoms with Crippen LogP contribution in [0.3, 0.4) is 0 Å². The van der Waals surface area contributed by atoms with E-state index in [4.69, 9.17) is 5.11 Å². The Morgan fingerprint density at radius 1 is 1.00 bits per heavy atom. The zero-order valence-corrected chi connectivity index (χ0v) is 13.0. The van der Waals surface area contributed by atoms with Crippen molar-refractivity contribution in [1.29, 1.82) is 0 Å². The summed E-state index contributed by atoms with van der Waals surface area (Å²) in [6.07, 6.45) is 4.53. The Balaban J connectivity index is 1.77. The van der Waals surface area contributed by atoms with Gasteiger partial charge in [-0.05, 0) is 25.7 Å². The summed E-state index contributed by atoms with van der Waals surface area (Å²) in [4.78, 5) is 29.3. The molecule has 0 aromatic heterocycles. The summed E-state index contributed by atoms with van der Waals surface area (Å²) in [5, 5.41) is 8.79. The van der Waals surface area contributed by atoms with Gasteiger partial charge in [-0.15, -0.1) is 0 Å². The standard InChI is InChI=1S/C15H27N3O3/c1-2-13-5-3-4-6-18(13)14(19)11-16-7-9-17(10-8-16)12-15(20)21/h13H,2-12H2,1H3,(H,20,21). The van der Waals surface area contributed by atoms with Crippen molar-refractivity contribution >= 4 is 11.9 Å². The lowest BCUT2D eigenvalue weighted by Crippen LogP contribution is -2.53. The number of amides is 1. The lowest BCUT2D eigenvalue weighted by Gasteiger charge is -2.38. The fourth-order valence-electron chi connectivity index (χ4n) is 3.33. The molecule has 2 saturated heterocycles. The van der Waals surface area contributed by atoms with Crippen LogP contribution in [0.25, 0.3) is 0 Å². The molecule has 0 aromatic carbocycles. The number of carboxylic acid groups (broad SMARTS) is 1. The van der Waals surface area contributed by atoms with Gasteiger partial charge in [0.05, 0.1) is 13.1 Å². The van der Waals surface area contributed by atoms with Crippen LogP contribution < -0.4 is 0 Å². The maximum Gasteiger partial charge on any atom is 0.317 e. The fourth-order valence-corrected chi connectivity index (χ4v) is 3.33. The fraction of sp³-hybridized carbons (Fsp3) is 0.867. The number of hydrogen-bond acceptors (Lipinski definition) is 4. The Bertz CT molecular complexity index is 367. The van der Waals surface area contributed by atoms with Gasteiger partial charge in [0.1, 0.15) is 0 Å². The van der Waals surface area contributed by atoms with Crippen LogP contribution in [0.4, 0.5) is 0 Å². The molecule has 21 heavy (non-hydrogen) atoms. The molecule has 0 saturated carbocycles. The first kappa shape index (κ1) is 16.2. The summed E-state index contributed by atoms with van der Waals surface area (Å²) >= 11 is 0. The van der Waals surface area contributed by atoms with Crippen LogP contribution in [-0.4, -0.2) is 83.5 Å². The number of nitrogens with zero attached hydrogens (tertiary/aromatic N) is 3. The van der Waals surface area contributed by atoms with Gasteiger partial charge in [-0.2, -0.15) is 0 Å². The number of piperidine rings is 1. The monoisotopic (exact) mass is 297 g/mol. The second-order valence-electron chi connectivity index (χ2n) is 6.09. The normalized spacial score (nSPS) is 25.0. The summed E-state index contributed by atoms with van der Waals surface area (Å²) in [5.74, 6) is -0.535. The van der Waals surface area contributed by atoms with Crippen molar-refractivity contribution in [2.45, 2.75) is 38.6 Å². The third kappa shape index (κ3) is 4.68. The summed E-state index contributed by atoms with van der Waals surface area (Å²) in [7, 11) is 0. The Kier molecular flexibility index (Phi) is 5.99. The zero-order chi connectivity index (χ0) is 15.2. The van der Waals surface area contributed by atoms with Gasteiger partial charge in [0.2, 0.25) is 5.91 Å². The smallest absolute Gasteiger partial charge is 0.317 e. The highest BCUT2D eigenvalue weighted by Crippen LogP contribution is 2.19. The molecule has 1 amide bonds. The molecule has 0 radical (unpaired) electrons. The van der Waals surface area contributed by atoms with Gasteiger partial charge < -0.3 is 10.0 Å². The summed E-state index contributed by atoms with van der Waals surface area (Å²) in [6, 6.07) is 0.416. The van der Waals surface area contributed by atoms with Crippen LogP contribution >= 0.6 is 0 Å². The number of carbonyl (C=O) groups excluding carboxylic acids is 1. The molecular weight excluding hydrogens is 270 g/mol. The number of carboxylic acids is 1. The van der Waals surface area contributed by atoms with Crippen molar-refractivity contribution in [3.8, 4) is 0 Å². The van der Waals surface area contributed by atoms with E-state index in [2.05, 4.69) is 16.7 Å². The van der Waals surface area contributed by atoms with Gasteiger partial charge >= 0.3 is 5.97 Å². The molecule has 0 aliphatic carbocycles. The first-order valence-corrected chi connectivity index (χ1v) is 8.06. The van der Waals surface area contributed by atoms with Gasteiger partial charge in [0.25, 0.3) is 0 Å². The van der Waals surface area contributed by atoms with Gasteiger partial charge in [0.15, 0.2) is 0 Å². The minimum Gasteiger partial charge on any atom is -0.480 e. The third-order valence-electron chi connectivity index (χ3n) is 4.60. The molecule has 1 unspecified atom stereocenters. The molecule has 2 heterocycles. The second-order valence-corrected chi connectivity index (χ2v) is 6.09. The minimum atomic E-state index is -0.779. The quantitative estimate of drug-likeness (QED) is 0.799.